The summed E-state index contributed by atoms with van der Waals surface area (Å²) in [5.41, 5.74) is 5.38. The van der Waals surface area contributed by atoms with Gasteiger partial charge in [0.2, 0.25) is 0 Å². The van der Waals surface area contributed by atoms with Gasteiger partial charge in [0.05, 0.1) is 0 Å². The lowest BCUT2D eigenvalue weighted by molar-refractivity contribution is -0.139. The van der Waals surface area contributed by atoms with Crippen molar-refractivity contribution >= 4 is 5.97 Å². The highest BCUT2D eigenvalue weighted by molar-refractivity contribution is 5.73. The van der Waals surface area contributed by atoms with Crippen LogP contribution in [0, 0.1) is 5.41 Å². The highest BCUT2D eigenvalue weighted by atomic mass is 16.4. The van der Waals surface area contributed by atoms with Crippen LogP contribution in [0.1, 0.15) is 19.8 Å². The fourth-order valence-corrected chi connectivity index (χ4v) is 1.51. The molecule has 0 saturated carbocycles. The van der Waals surface area contributed by atoms with Crippen molar-refractivity contribution in [2.45, 2.75) is 25.8 Å². The van der Waals surface area contributed by atoms with E-state index in [4.69, 9.17) is 10.8 Å². The number of hydrogen-bond acceptors (Lipinski definition) is 2. The molecule has 1 rings (SSSR count). The second kappa shape index (κ2) is 3.75. The van der Waals surface area contributed by atoms with Gasteiger partial charge in [-0.15, -0.1) is 0 Å². The Morgan fingerprint density at radius 3 is 2.85 bits per heavy atom. The minimum atomic E-state index is -0.927. The molecule has 0 aliphatic heterocycles. The first-order valence-corrected chi connectivity index (χ1v) is 4.36. The summed E-state index contributed by atoms with van der Waals surface area (Å²) in [4.78, 5) is 10.5. The van der Waals surface area contributed by atoms with Crippen molar-refractivity contribution in [1.29, 1.82) is 0 Å². The summed E-state index contributed by atoms with van der Waals surface area (Å²) in [6, 6.07) is -0.763. The Hall–Kier alpha value is -1.09. The van der Waals surface area contributed by atoms with Crippen LogP contribution in [0.2, 0.25) is 0 Å². The van der Waals surface area contributed by atoms with Crippen LogP contribution in [0.25, 0.3) is 0 Å². The maximum atomic E-state index is 10.5. The van der Waals surface area contributed by atoms with E-state index in [9.17, 15) is 4.79 Å². The topological polar surface area (TPSA) is 63.3 Å². The van der Waals surface area contributed by atoms with Gasteiger partial charge in [-0.1, -0.05) is 31.2 Å². The van der Waals surface area contributed by atoms with E-state index in [1.165, 1.54) is 0 Å². The molecule has 0 aromatic heterocycles. The molecule has 13 heavy (non-hydrogen) atoms. The zero-order valence-corrected chi connectivity index (χ0v) is 7.73. The molecule has 3 nitrogen and oxygen atoms in total. The fraction of sp³-hybridized carbons (Fsp3) is 0.500. The lowest BCUT2D eigenvalue weighted by atomic mass is 9.78. The van der Waals surface area contributed by atoms with Gasteiger partial charge >= 0.3 is 5.97 Å². The Labute approximate surface area is 77.9 Å². The third-order valence-electron chi connectivity index (χ3n) is 2.33. The van der Waals surface area contributed by atoms with E-state index in [0.717, 1.165) is 6.42 Å². The minimum absolute atomic E-state index is 0.0907. The Kier molecular flexibility index (Phi) is 2.88. The van der Waals surface area contributed by atoms with Crippen molar-refractivity contribution in [2.24, 2.45) is 11.1 Å². The zero-order valence-electron chi connectivity index (χ0n) is 7.73. The number of carboxylic acids is 1. The Bertz CT molecular complexity index is 258. The van der Waals surface area contributed by atoms with Gasteiger partial charge in [0.1, 0.15) is 6.04 Å². The normalized spacial score (nSPS) is 28.8. The molecule has 0 fully saturated rings. The summed E-state index contributed by atoms with van der Waals surface area (Å²) in [5, 5.41) is 8.66. The van der Waals surface area contributed by atoms with Gasteiger partial charge in [-0.25, -0.2) is 0 Å². The summed E-state index contributed by atoms with van der Waals surface area (Å²) in [6.07, 6.45) is 9.32. The first-order valence-electron chi connectivity index (χ1n) is 4.36. The van der Waals surface area contributed by atoms with E-state index in [2.05, 4.69) is 0 Å². The maximum Gasteiger partial charge on any atom is 0.320 e. The molecule has 0 aromatic rings. The molecule has 0 radical (unpaired) electrons. The van der Waals surface area contributed by atoms with Crippen LogP contribution in [0.5, 0.6) is 0 Å². The standard InChI is InChI=1S/C10H15NO2/c1-10(5-3-2-4-6-10)7-8(11)9(12)13/h2-5,8H,6-7,11H2,1H3,(H,12,13). The van der Waals surface area contributed by atoms with E-state index in [0.29, 0.717) is 6.42 Å². The molecule has 0 bridgehead atoms. The van der Waals surface area contributed by atoms with Gasteiger partial charge < -0.3 is 10.8 Å². The van der Waals surface area contributed by atoms with Crippen LogP contribution in [0.3, 0.4) is 0 Å². The van der Waals surface area contributed by atoms with Crippen molar-refractivity contribution in [2.75, 3.05) is 0 Å². The molecular weight excluding hydrogens is 166 g/mol. The molecule has 1 aliphatic carbocycles. The zero-order chi connectivity index (χ0) is 9.90. The number of nitrogens with two attached hydrogens (primary N) is 1. The van der Waals surface area contributed by atoms with Gasteiger partial charge in [-0.05, 0) is 18.3 Å². The molecule has 0 saturated heterocycles. The van der Waals surface area contributed by atoms with E-state index < -0.39 is 12.0 Å². The monoisotopic (exact) mass is 181 g/mol. The maximum absolute atomic E-state index is 10.5. The predicted octanol–water partition coefficient (Wildman–Crippen LogP) is 1.31. The van der Waals surface area contributed by atoms with E-state index in [1.807, 2.05) is 31.2 Å². The van der Waals surface area contributed by atoms with Gasteiger partial charge in [0.25, 0.3) is 0 Å². The van der Waals surface area contributed by atoms with Crippen LogP contribution < -0.4 is 5.73 Å². The van der Waals surface area contributed by atoms with Gasteiger partial charge in [0.15, 0.2) is 0 Å². The van der Waals surface area contributed by atoms with Gasteiger partial charge in [-0.3, -0.25) is 4.79 Å². The summed E-state index contributed by atoms with van der Waals surface area (Å²) in [7, 11) is 0. The SMILES string of the molecule is CC1(CC(N)C(=O)O)C=CC=CC1. The van der Waals surface area contributed by atoms with Crippen LogP contribution in [-0.4, -0.2) is 17.1 Å². The van der Waals surface area contributed by atoms with Crippen molar-refractivity contribution in [1.82, 2.24) is 0 Å². The highest BCUT2D eigenvalue weighted by Gasteiger charge is 2.26. The molecule has 1 aliphatic rings. The molecule has 0 amide bonds. The Balaban J connectivity index is 2.57. The fourth-order valence-electron chi connectivity index (χ4n) is 1.51. The minimum Gasteiger partial charge on any atom is -0.480 e. The van der Waals surface area contributed by atoms with Crippen molar-refractivity contribution < 1.29 is 9.90 Å². The summed E-state index contributed by atoms with van der Waals surface area (Å²) in [5.74, 6) is -0.927. The van der Waals surface area contributed by atoms with Crippen molar-refractivity contribution in [3.63, 3.8) is 0 Å². The molecule has 3 heteroatoms. The lowest BCUT2D eigenvalue weighted by Crippen LogP contribution is -2.35. The molecule has 0 heterocycles. The first kappa shape index (κ1) is 9.99. The first-order chi connectivity index (χ1) is 6.03. The van der Waals surface area contributed by atoms with E-state index >= 15 is 0 Å². The number of hydrogen-bond donors (Lipinski definition) is 2. The Morgan fingerprint density at radius 2 is 2.38 bits per heavy atom. The van der Waals surface area contributed by atoms with E-state index in [1.54, 1.807) is 0 Å². The van der Waals surface area contributed by atoms with Crippen LogP contribution in [0.15, 0.2) is 24.3 Å². The number of carbonyl (C=O) groups is 1. The summed E-state index contributed by atoms with van der Waals surface area (Å²) in [6.45, 7) is 2.02. The smallest absolute Gasteiger partial charge is 0.320 e. The van der Waals surface area contributed by atoms with Crippen LogP contribution in [-0.2, 0) is 4.79 Å². The van der Waals surface area contributed by atoms with Crippen molar-refractivity contribution in [3.8, 4) is 0 Å². The molecule has 0 aromatic carbocycles. The highest BCUT2D eigenvalue weighted by Crippen LogP contribution is 2.31. The lowest BCUT2D eigenvalue weighted by Gasteiger charge is -2.27. The van der Waals surface area contributed by atoms with E-state index in [-0.39, 0.29) is 5.41 Å². The third-order valence-corrected chi connectivity index (χ3v) is 2.33. The number of allylic oxidation sites excluding steroid dienone is 4. The number of carboxylic acid groups (broad SMARTS) is 1. The summed E-state index contributed by atoms with van der Waals surface area (Å²) < 4.78 is 0. The van der Waals surface area contributed by atoms with Crippen LogP contribution in [0.4, 0.5) is 0 Å². The van der Waals surface area contributed by atoms with Crippen molar-refractivity contribution in [3.05, 3.63) is 24.3 Å². The summed E-state index contributed by atoms with van der Waals surface area (Å²) >= 11 is 0. The Morgan fingerprint density at radius 1 is 1.69 bits per heavy atom. The average Bonchev–Trinajstić information content (AvgIpc) is 2.04. The molecule has 0 spiro atoms. The molecule has 2 unspecified atom stereocenters. The molecular formula is C10H15NO2. The quantitative estimate of drug-likeness (QED) is 0.690. The number of aliphatic carboxylic acids is 1. The van der Waals surface area contributed by atoms with Crippen LogP contribution >= 0.6 is 0 Å². The molecule has 3 N–H and O–H groups in total. The van der Waals surface area contributed by atoms with Gasteiger partial charge in [0, 0.05) is 0 Å². The average molecular weight is 181 g/mol. The predicted molar refractivity (Wildman–Crippen MR) is 51.2 cm³/mol. The largest absolute Gasteiger partial charge is 0.480 e. The molecule has 2 atom stereocenters. The molecule has 72 valence electrons. The third kappa shape index (κ3) is 2.70. The number of rotatable bonds is 3. The second-order valence-corrected chi connectivity index (χ2v) is 3.79. The second-order valence-electron chi connectivity index (χ2n) is 3.79. The van der Waals surface area contributed by atoms with Gasteiger partial charge in [-0.2, -0.15) is 0 Å².